The van der Waals surface area contributed by atoms with Crippen LogP contribution in [0.4, 0.5) is 0 Å². The minimum Gasteiger partial charge on any atom is -0.472 e. The maximum absolute atomic E-state index is 8.58. The van der Waals surface area contributed by atoms with Crippen LogP contribution in [0.5, 0.6) is 5.88 Å². The first-order chi connectivity index (χ1) is 5.88. The monoisotopic (exact) mass is 161 g/mol. The molecule has 1 aromatic rings. The standard InChI is InChI=1S/C8H7N3O/c1-2-3-12-8-7(4-9)5-10-6-11-8/h2,5-6H,1,3H2. The van der Waals surface area contributed by atoms with E-state index in [1.807, 2.05) is 6.07 Å². The molecule has 0 aliphatic heterocycles. The van der Waals surface area contributed by atoms with Gasteiger partial charge in [-0.3, -0.25) is 0 Å². The summed E-state index contributed by atoms with van der Waals surface area (Å²) in [5.74, 6) is 0.299. The van der Waals surface area contributed by atoms with Crippen LogP contribution in [-0.2, 0) is 0 Å². The molecule has 4 nitrogen and oxygen atoms in total. The molecule has 0 unspecified atom stereocenters. The molecule has 0 aliphatic rings. The van der Waals surface area contributed by atoms with Crippen molar-refractivity contribution >= 4 is 0 Å². The molecular formula is C8H7N3O. The highest BCUT2D eigenvalue weighted by Gasteiger charge is 2.01. The summed E-state index contributed by atoms with van der Waals surface area (Å²) in [6, 6.07) is 1.92. The molecule has 1 heterocycles. The predicted octanol–water partition coefficient (Wildman–Crippen LogP) is 0.913. The largest absolute Gasteiger partial charge is 0.472 e. The zero-order chi connectivity index (χ0) is 8.81. The third kappa shape index (κ3) is 1.80. The van der Waals surface area contributed by atoms with Crippen LogP contribution in [-0.4, -0.2) is 16.6 Å². The zero-order valence-electron chi connectivity index (χ0n) is 6.40. The molecule has 0 saturated carbocycles. The normalized spacial score (nSPS) is 8.58. The molecule has 0 radical (unpaired) electrons. The summed E-state index contributed by atoms with van der Waals surface area (Å²) >= 11 is 0. The number of nitriles is 1. The highest BCUT2D eigenvalue weighted by molar-refractivity contribution is 5.34. The van der Waals surface area contributed by atoms with Gasteiger partial charge in [0.1, 0.15) is 24.6 Å². The maximum atomic E-state index is 8.58. The zero-order valence-corrected chi connectivity index (χ0v) is 6.40. The fourth-order valence-electron chi connectivity index (χ4n) is 0.648. The average Bonchev–Trinajstić information content (AvgIpc) is 2.15. The van der Waals surface area contributed by atoms with Crippen molar-refractivity contribution < 1.29 is 4.74 Å². The minimum absolute atomic E-state index is 0.299. The van der Waals surface area contributed by atoms with Crippen molar-refractivity contribution in [3.8, 4) is 11.9 Å². The number of aromatic nitrogens is 2. The van der Waals surface area contributed by atoms with E-state index in [-0.39, 0.29) is 0 Å². The van der Waals surface area contributed by atoms with Gasteiger partial charge >= 0.3 is 0 Å². The van der Waals surface area contributed by atoms with E-state index >= 15 is 0 Å². The van der Waals surface area contributed by atoms with Crippen LogP contribution in [0.25, 0.3) is 0 Å². The molecule has 12 heavy (non-hydrogen) atoms. The Morgan fingerprint density at radius 1 is 1.75 bits per heavy atom. The Hall–Kier alpha value is -1.89. The molecule has 1 aromatic heterocycles. The number of hydrogen-bond acceptors (Lipinski definition) is 4. The Labute approximate surface area is 70.1 Å². The van der Waals surface area contributed by atoms with Gasteiger partial charge in [0.25, 0.3) is 0 Å². The van der Waals surface area contributed by atoms with Gasteiger partial charge in [0.05, 0.1) is 6.20 Å². The minimum atomic E-state index is 0.299. The first kappa shape index (κ1) is 8.21. The molecule has 0 saturated heterocycles. The Morgan fingerprint density at radius 3 is 3.25 bits per heavy atom. The van der Waals surface area contributed by atoms with Crippen molar-refractivity contribution in [2.24, 2.45) is 0 Å². The number of nitrogens with zero attached hydrogens (tertiary/aromatic N) is 3. The van der Waals surface area contributed by atoms with Crippen LogP contribution < -0.4 is 4.74 Å². The van der Waals surface area contributed by atoms with Crippen LogP contribution in [0.3, 0.4) is 0 Å². The van der Waals surface area contributed by atoms with Gasteiger partial charge in [-0.25, -0.2) is 9.97 Å². The second-order valence-corrected chi connectivity index (χ2v) is 1.95. The summed E-state index contributed by atoms with van der Waals surface area (Å²) in [6.07, 6.45) is 4.33. The summed E-state index contributed by atoms with van der Waals surface area (Å²) < 4.78 is 5.09. The average molecular weight is 161 g/mol. The van der Waals surface area contributed by atoms with E-state index in [0.717, 1.165) is 0 Å². The molecule has 1 rings (SSSR count). The molecule has 0 aliphatic carbocycles. The third-order valence-corrected chi connectivity index (χ3v) is 1.13. The lowest BCUT2D eigenvalue weighted by Gasteiger charge is -2.01. The van der Waals surface area contributed by atoms with E-state index < -0.39 is 0 Å². The molecule has 4 heteroatoms. The lowest BCUT2D eigenvalue weighted by molar-refractivity contribution is 0.346. The van der Waals surface area contributed by atoms with Gasteiger partial charge in [-0.2, -0.15) is 5.26 Å². The van der Waals surface area contributed by atoms with Gasteiger partial charge in [-0.15, -0.1) is 0 Å². The van der Waals surface area contributed by atoms with Crippen molar-refractivity contribution in [1.82, 2.24) is 9.97 Å². The second-order valence-electron chi connectivity index (χ2n) is 1.95. The summed E-state index contributed by atoms with van der Waals surface area (Å²) in [5, 5.41) is 8.58. The van der Waals surface area contributed by atoms with Gasteiger partial charge in [0.15, 0.2) is 0 Å². The van der Waals surface area contributed by atoms with E-state index in [4.69, 9.17) is 10.00 Å². The Kier molecular flexibility index (Phi) is 2.79. The molecular weight excluding hydrogens is 154 g/mol. The summed E-state index contributed by atoms with van der Waals surface area (Å²) in [4.78, 5) is 7.47. The number of rotatable bonds is 3. The topological polar surface area (TPSA) is 58.8 Å². The second kappa shape index (κ2) is 4.09. The molecule has 0 atom stereocenters. The fourth-order valence-corrected chi connectivity index (χ4v) is 0.648. The van der Waals surface area contributed by atoms with Crippen LogP contribution in [0.2, 0.25) is 0 Å². The number of ether oxygens (including phenoxy) is 1. The smallest absolute Gasteiger partial charge is 0.235 e. The maximum Gasteiger partial charge on any atom is 0.235 e. The molecule has 0 N–H and O–H groups in total. The number of hydrogen-bond donors (Lipinski definition) is 0. The summed E-state index contributed by atoms with van der Waals surface area (Å²) in [5.41, 5.74) is 0.333. The van der Waals surface area contributed by atoms with Crippen LogP contribution in [0.1, 0.15) is 5.56 Å². The Bertz CT molecular complexity index is 316. The van der Waals surface area contributed by atoms with Crippen LogP contribution >= 0.6 is 0 Å². The van der Waals surface area contributed by atoms with Crippen molar-refractivity contribution in [1.29, 1.82) is 5.26 Å². The highest BCUT2D eigenvalue weighted by Crippen LogP contribution is 2.10. The first-order valence-corrected chi connectivity index (χ1v) is 3.32. The third-order valence-electron chi connectivity index (χ3n) is 1.13. The van der Waals surface area contributed by atoms with Crippen molar-refractivity contribution in [3.63, 3.8) is 0 Å². The van der Waals surface area contributed by atoms with Crippen molar-refractivity contribution in [2.45, 2.75) is 0 Å². The quantitative estimate of drug-likeness (QED) is 0.618. The molecule has 0 amide bonds. The van der Waals surface area contributed by atoms with Crippen molar-refractivity contribution in [2.75, 3.05) is 6.61 Å². The van der Waals surface area contributed by atoms with Gasteiger partial charge in [-0.1, -0.05) is 12.7 Å². The summed E-state index contributed by atoms with van der Waals surface area (Å²) in [7, 11) is 0. The van der Waals surface area contributed by atoms with Crippen LogP contribution in [0, 0.1) is 11.3 Å². The first-order valence-electron chi connectivity index (χ1n) is 3.32. The van der Waals surface area contributed by atoms with E-state index in [2.05, 4.69) is 16.5 Å². The lowest BCUT2D eigenvalue weighted by atomic mass is 10.4. The predicted molar refractivity (Wildman–Crippen MR) is 42.4 cm³/mol. The summed E-state index contributed by atoms with van der Waals surface area (Å²) in [6.45, 7) is 3.82. The van der Waals surface area contributed by atoms with Crippen molar-refractivity contribution in [3.05, 3.63) is 30.7 Å². The van der Waals surface area contributed by atoms with E-state index in [9.17, 15) is 0 Å². The van der Waals surface area contributed by atoms with Gasteiger partial charge in [0.2, 0.25) is 5.88 Å². The van der Waals surface area contributed by atoms with E-state index in [0.29, 0.717) is 18.1 Å². The Morgan fingerprint density at radius 2 is 2.58 bits per heavy atom. The molecule has 0 spiro atoms. The lowest BCUT2D eigenvalue weighted by Crippen LogP contribution is -1.98. The Balaban J connectivity index is 2.83. The molecule has 0 aromatic carbocycles. The van der Waals surface area contributed by atoms with E-state index in [1.54, 1.807) is 6.08 Å². The highest BCUT2D eigenvalue weighted by atomic mass is 16.5. The molecule has 0 fully saturated rings. The fraction of sp³-hybridized carbons (Fsp3) is 0.125. The van der Waals surface area contributed by atoms with Gasteiger partial charge in [0, 0.05) is 0 Å². The molecule has 0 bridgehead atoms. The van der Waals surface area contributed by atoms with Crippen LogP contribution in [0.15, 0.2) is 25.2 Å². The molecule has 60 valence electrons. The van der Waals surface area contributed by atoms with Gasteiger partial charge < -0.3 is 4.74 Å². The van der Waals surface area contributed by atoms with E-state index in [1.165, 1.54) is 12.5 Å². The SMILES string of the molecule is C=CCOc1ncncc1C#N. The van der Waals surface area contributed by atoms with Gasteiger partial charge in [-0.05, 0) is 0 Å².